The van der Waals surface area contributed by atoms with Crippen LogP contribution >= 0.6 is 12.2 Å². The second-order valence-corrected chi connectivity index (χ2v) is 8.63. The number of ether oxygens (including phenoxy) is 1. The molecule has 1 aliphatic heterocycles. The third-order valence-electron chi connectivity index (χ3n) is 5.26. The highest BCUT2D eigenvalue weighted by Crippen LogP contribution is 2.16. The lowest BCUT2D eigenvalue weighted by Gasteiger charge is -2.26. The van der Waals surface area contributed by atoms with Gasteiger partial charge in [-0.2, -0.15) is 0 Å². The minimum Gasteiger partial charge on any atom is -0.491 e. The Labute approximate surface area is 191 Å². The third-order valence-corrected chi connectivity index (χ3v) is 5.50. The molecule has 5 nitrogen and oxygen atoms in total. The van der Waals surface area contributed by atoms with Crippen molar-refractivity contribution in [3.05, 3.63) is 59.7 Å². The van der Waals surface area contributed by atoms with Crippen LogP contribution in [0.2, 0.25) is 0 Å². The van der Waals surface area contributed by atoms with Gasteiger partial charge in [-0.3, -0.25) is 4.79 Å². The minimum atomic E-state index is 0.121. The number of likely N-dealkylation sites (tertiary alicyclic amines) is 1. The Hall–Kier alpha value is -2.60. The number of hydrogen-bond acceptors (Lipinski definition) is 3. The van der Waals surface area contributed by atoms with E-state index in [2.05, 4.69) is 22.8 Å². The number of aryl methyl sites for hydroxylation is 1. The molecule has 1 amide bonds. The van der Waals surface area contributed by atoms with Crippen LogP contribution < -0.4 is 15.4 Å². The smallest absolute Gasteiger partial charge is 0.253 e. The van der Waals surface area contributed by atoms with Gasteiger partial charge in [0.1, 0.15) is 5.75 Å². The monoisotopic (exact) mass is 439 g/mol. The standard InChI is InChI=1S/C25H33N3O2S/c1-19(2)30-23-14-8-20(9-15-23)7-6-16-26-25(31)27-22-12-10-21(11-13-22)24(29)28-17-4-3-5-18-28/h8-15,19H,3-7,16-18H2,1-2H3,(H2,26,27,31). The van der Waals surface area contributed by atoms with Gasteiger partial charge in [0.25, 0.3) is 5.91 Å². The maximum Gasteiger partial charge on any atom is 0.253 e. The molecule has 2 aromatic carbocycles. The molecule has 0 aliphatic carbocycles. The summed E-state index contributed by atoms with van der Waals surface area (Å²) in [4.78, 5) is 14.5. The average molecular weight is 440 g/mol. The van der Waals surface area contributed by atoms with Crippen molar-refractivity contribution in [1.82, 2.24) is 10.2 Å². The molecule has 166 valence electrons. The largest absolute Gasteiger partial charge is 0.491 e. The normalized spacial score (nSPS) is 13.7. The lowest BCUT2D eigenvalue weighted by molar-refractivity contribution is 0.0724. The molecule has 31 heavy (non-hydrogen) atoms. The van der Waals surface area contributed by atoms with E-state index >= 15 is 0 Å². The van der Waals surface area contributed by atoms with Crippen molar-refractivity contribution < 1.29 is 9.53 Å². The number of thiocarbonyl (C=S) groups is 1. The molecule has 1 heterocycles. The van der Waals surface area contributed by atoms with E-state index in [-0.39, 0.29) is 12.0 Å². The summed E-state index contributed by atoms with van der Waals surface area (Å²) in [6.45, 7) is 6.58. The topological polar surface area (TPSA) is 53.6 Å². The molecule has 0 unspecified atom stereocenters. The van der Waals surface area contributed by atoms with Crippen LogP contribution in [0.3, 0.4) is 0 Å². The van der Waals surface area contributed by atoms with Crippen LogP contribution in [0, 0.1) is 0 Å². The molecule has 1 fully saturated rings. The second kappa shape index (κ2) is 11.7. The van der Waals surface area contributed by atoms with Crippen LogP contribution in [0.25, 0.3) is 0 Å². The Balaban J connectivity index is 1.37. The molecule has 2 N–H and O–H groups in total. The zero-order chi connectivity index (χ0) is 22.1. The van der Waals surface area contributed by atoms with Crippen LogP contribution in [0.15, 0.2) is 48.5 Å². The third kappa shape index (κ3) is 7.55. The number of anilines is 1. The number of amides is 1. The fourth-order valence-electron chi connectivity index (χ4n) is 3.65. The predicted molar refractivity (Wildman–Crippen MR) is 131 cm³/mol. The van der Waals surface area contributed by atoms with Crippen LogP contribution in [0.4, 0.5) is 5.69 Å². The van der Waals surface area contributed by atoms with Gasteiger partial charge in [0, 0.05) is 30.9 Å². The van der Waals surface area contributed by atoms with E-state index in [0.717, 1.165) is 62.3 Å². The molecule has 2 aromatic rings. The van der Waals surface area contributed by atoms with E-state index in [1.54, 1.807) is 0 Å². The number of nitrogens with zero attached hydrogens (tertiary/aromatic N) is 1. The Kier molecular flexibility index (Phi) is 8.71. The minimum absolute atomic E-state index is 0.121. The average Bonchev–Trinajstić information content (AvgIpc) is 2.78. The summed E-state index contributed by atoms with van der Waals surface area (Å²) in [6.07, 6.45) is 5.57. The van der Waals surface area contributed by atoms with E-state index in [1.165, 1.54) is 12.0 Å². The van der Waals surface area contributed by atoms with Gasteiger partial charge in [-0.05, 0) is 100 Å². The Bertz CT molecular complexity index is 844. The van der Waals surface area contributed by atoms with E-state index < -0.39 is 0 Å². The lowest BCUT2D eigenvalue weighted by atomic mass is 10.1. The number of piperidine rings is 1. The van der Waals surface area contributed by atoms with E-state index in [0.29, 0.717) is 5.11 Å². The van der Waals surface area contributed by atoms with Gasteiger partial charge in [0.15, 0.2) is 5.11 Å². The number of nitrogens with one attached hydrogen (secondary N) is 2. The first-order valence-electron chi connectivity index (χ1n) is 11.2. The zero-order valence-corrected chi connectivity index (χ0v) is 19.3. The van der Waals surface area contributed by atoms with Crippen LogP contribution in [-0.4, -0.2) is 41.7 Å². The molecule has 0 bridgehead atoms. The number of rotatable bonds is 8. The molecule has 3 rings (SSSR count). The molecule has 1 aliphatic rings. The maximum absolute atomic E-state index is 12.6. The fraction of sp³-hybridized carbons (Fsp3) is 0.440. The molecule has 0 radical (unpaired) electrons. The highest BCUT2D eigenvalue weighted by molar-refractivity contribution is 7.80. The Morgan fingerprint density at radius 1 is 1.03 bits per heavy atom. The van der Waals surface area contributed by atoms with Crippen LogP contribution in [-0.2, 0) is 6.42 Å². The van der Waals surface area contributed by atoms with Crippen molar-refractivity contribution in [1.29, 1.82) is 0 Å². The van der Waals surface area contributed by atoms with Crippen LogP contribution in [0.5, 0.6) is 5.75 Å². The predicted octanol–water partition coefficient (Wildman–Crippen LogP) is 5.02. The summed E-state index contributed by atoms with van der Waals surface area (Å²) in [5.41, 5.74) is 2.90. The van der Waals surface area contributed by atoms with Gasteiger partial charge < -0.3 is 20.3 Å². The molecule has 6 heteroatoms. The van der Waals surface area contributed by atoms with E-state index in [1.807, 2.05) is 55.1 Å². The maximum atomic E-state index is 12.6. The summed E-state index contributed by atoms with van der Waals surface area (Å²) in [5, 5.41) is 7.03. The summed E-state index contributed by atoms with van der Waals surface area (Å²) >= 11 is 5.40. The summed E-state index contributed by atoms with van der Waals surface area (Å²) in [6, 6.07) is 15.8. The van der Waals surface area contributed by atoms with Crippen molar-refractivity contribution >= 4 is 28.9 Å². The highest BCUT2D eigenvalue weighted by Gasteiger charge is 2.17. The van der Waals surface area contributed by atoms with E-state index in [9.17, 15) is 4.79 Å². The van der Waals surface area contributed by atoms with Gasteiger partial charge in [0.2, 0.25) is 0 Å². The van der Waals surface area contributed by atoms with Crippen molar-refractivity contribution in [2.75, 3.05) is 25.0 Å². The number of hydrogen-bond donors (Lipinski definition) is 2. The van der Waals surface area contributed by atoms with E-state index in [4.69, 9.17) is 17.0 Å². The van der Waals surface area contributed by atoms with Gasteiger partial charge in [-0.25, -0.2) is 0 Å². The molecule has 0 atom stereocenters. The Morgan fingerprint density at radius 2 is 1.71 bits per heavy atom. The lowest BCUT2D eigenvalue weighted by Crippen LogP contribution is -2.35. The molecule has 0 aromatic heterocycles. The first kappa shape index (κ1) is 23.1. The van der Waals surface area contributed by atoms with Crippen molar-refractivity contribution in [3.8, 4) is 5.75 Å². The van der Waals surface area contributed by atoms with Crippen molar-refractivity contribution in [2.45, 2.75) is 52.1 Å². The summed E-state index contributed by atoms with van der Waals surface area (Å²) in [7, 11) is 0. The first-order valence-corrected chi connectivity index (χ1v) is 11.6. The van der Waals surface area contributed by atoms with Gasteiger partial charge in [0.05, 0.1) is 6.10 Å². The number of benzene rings is 2. The molecule has 1 saturated heterocycles. The molecular weight excluding hydrogens is 406 g/mol. The van der Waals surface area contributed by atoms with Crippen molar-refractivity contribution in [3.63, 3.8) is 0 Å². The molecule has 0 saturated carbocycles. The summed E-state index contributed by atoms with van der Waals surface area (Å²) in [5.74, 6) is 1.03. The van der Waals surface area contributed by atoms with Crippen LogP contribution in [0.1, 0.15) is 55.5 Å². The van der Waals surface area contributed by atoms with Gasteiger partial charge in [-0.15, -0.1) is 0 Å². The molecule has 0 spiro atoms. The van der Waals surface area contributed by atoms with Gasteiger partial charge >= 0.3 is 0 Å². The Morgan fingerprint density at radius 3 is 2.35 bits per heavy atom. The van der Waals surface area contributed by atoms with Crippen molar-refractivity contribution in [2.24, 2.45) is 0 Å². The highest BCUT2D eigenvalue weighted by atomic mass is 32.1. The first-order chi connectivity index (χ1) is 15.0. The van der Waals surface area contributed by atoms with Gasteiger partial charge in [-0.1, -0.05) is 12.1 Å². The fourth-order valence-corrected chi connectivity index (χ4v) is 3.87. The second-order valence-electron chi connectivity index (χ2n) is 8.23. The summed E-state index contributed by atoms with van der Waals surface area (Å²) < 4.78 is 5.68. The number of carbonyl (C=O) groups is 1. The zero-order valence-electron chi connectivity index (χ0n) is 18.5. The number of carbonyl (C=O) groups excluding carboxylic acids is 1. The SMILES string of the molecule is CC(C)Oc1ccc(CCCNC(=S)Nc2ccc(C(=O)N3CCCCC3)cc2)cc1. The molecular formula is C25H33N3O2S. The quantitative estimate of drug-likeness (QED) is 0.447.